The molecule has 1 N–H and O–H groups in total. The zero-order chi connectivity index (χ0) is 42.3. The van der Waals surface area contributed by atoms with Gasteiger partial charge in [-0.15, -0.1) is 0 Å². The van der Waals surface area contributed by atoms with Crippen molar-refractivity contribution in [1.82, 2.24) is 20.0 Å². The van der Waals surface area contributed by atoms with Crippen LogP contribution in [0.1, 0.15) is 57.6 Å². The number of amides is 2. The Bertz CT molecular complexity index is 2400. The van der Waals surface area contributed by atoms with Gasteiger partial charge in [-0.3, -0.25) is 14.4 Å². The first-order valence-electron chi connectivity index (χ1n) is 18.6. The van der Waals surface area contributed by atoms with Crippen molar-refractivity contribution in [2.24, 2.45) is 0 Å². The van der Waals surface area contributed by atoms with Gasteiger partial charge in [0, 0.05) is 56.6 Å². The molecule has 5 aromatic rings. The quantitative estimate of drug-likeness (QED) is 0.0957. The average molecular weight is 823 g/mol. The lowest BCUT2D eigenvalue weighted by Crippen LogP contribution is -2.50. The molecular formula is C42H37F7N6O4. The third-order valence-electron chi connectivity index (χ3n) is 9.84. The third-order valence-corrected chi connectivity index (χ3v) is 9.84. The number of hydrogen-bond acceptors (Lipinski definition) is 7. The van der Waals surface area contributed by atoms with Crippen LogP contribution in [-0.4, -0.2) is 77.3 Å². The second-order valence-corrected chi connectivity index (χ2v) is 14.0. The number of carbonyl (C=O) groups excluding carboxylic acids is 2. The van der Waals surface area contributed by atoms with E-state index in [0.717, 1.165) is 17.0 Å². The van der Waals surface area contributed by atoms with Crippen LogP contribution in [0.2, 0.25) is 0 Å². The van der Waals surface area contributed by atoms with Crippen molar-refractivity contribution in [3.05, 3.63) is 135 Å². The van der Waals surface area contributed by atoms with Crippen LogP contribution in [0.15, 0.2) is 89.7 Å². The Morgan fingerprint density at radius 2 is 1.53 bits per heavy atom. The van der Waals surface area contributed by atoms with E-state index in [1.54, 1.807) is 35.2 Å². The van der Waals surface area contributed by atoms with Crippen molar-refractivity contribution in [3.8, 4) is 11.8 Å². The monoisotopic (exact) mass is 822 g/mol. The van der Waals surface area contributed by atoms with E-state index in [1.807, 2.05) is 0 Å². The number of hydrogen-bond donors (Lipinski definition) is 1. The normalized spacial score (nSPS) is 13.3. The Morgan fingerprint density at radius 1 is 0.847 bits per heavy atom. The Kier molecular flexibility index (Phi) is 12.9. The highest BCUT2D eigenvalue weighted by Crippen LogP contribution is 2.36. The number of ether oxygens (including phenoxy) is 1. The topological polar surface area (TPSA) is 123 Å². The molecule has 0 bridgehead atoms. The lowest BCUT2D eigenvalue weighted by molar-refractivity contribution is -0.137. The van der Waals surface area contributed by atoms with Crippen LogP contribution in [-0.2, 0) is 23.9 Å². The summed E-state index contributed by atoms with van der Waals surface area (Å²) in [5.41, 5.74) is -1.20. The second kappa shape index (κ2) is 18.0. The zero-order valence-corrected chi connectivity index (χ0v) is 31.4. The standard InChI is InChI=1S/C42H37F7N6O4/c43-36-15-10-28(22-37-32-5-1-2-6-33(32)39(57)52-51-37)21-34(36)40(58)54-18-16-53(17-19-54)38(56)7-3-4-20-59-31-13-8-27(9-14-31)25-55(26-41(44,45)46)30-12-11-29(24-50)35(23-30)42(47,48)49/h1-2,5-6,8-15,21,23H,3-4,7,16-20,22,25-26H2,(H,52,57). The number of nitrogens with zero attached hydrogens (tertiary/aromatic N) is 5. The molecule has 308 valence electrons. The molecule has 0 saturated carbocycles. The van der Waals surface area contributed by atoms with Gasteiger partial charge in [-0.2, -0.15) is 36.7 Å². The van der Waals surface area contributed by atoms with E-state index in [2.05, 4.69) is 10.2 Å². The first-order chi connectivity index (χ1) is 28.1. The van der Waals surface area contributed by atoms with Crippen LogP contribution in [0, 0.1) is 17.1 Å². The van der Waals surface area contributed by atoms with E-state index < -0.39 is 41.7 Å². The van der Waals surface area contributed by atoms with Gasteiger partial charge in [0.2, 0.25) is 5.91 Å². The maximum absolute atomic E-state index is 14.9. The van der Waals surface area contributed by atoms with Crippen molar-refractivity contribution in [1.29, 1.82) is 5.26 Å². The van der Waals surface area contributed by atoms with Gasteiger partial charge in [-0.1, -0.05) is 36.4 Å². The number of H-pyrrole nitrogens is 1. The molecule has 2 heterocycles. The maximum Gasteiger partial charge on any atom is 0.417 e. The van der Waals surface area contributed by atoms with E-state index in [4.69, 9.17) is 10.00 Å². The largest absolute Gasteiger partial charge is 0.494 e. The zero-order valence-electron chi connectivity index (χ0n) is 31.4. The summed E-state index contributed by atoms with van der Waals surface area (Å²) in [5.74, 6) is -0.869. The number of benzene rings is 4. The fourth-order valence-electron chi connectivity index (χ4n) is 6.83. The summed E-state index contributed by atoms with van der Waals surface area (Å²) >= 11 is 0. The molecule has 1 fully saturated rings. The Labute approximate surface area is 333 Å². The molecule has 1 saturated heterocycles. The predicted octanol–water partition coefficient (Wildman–Crippen LogP) is 7.65. The number of halogens is 7. The maximum atomic E-state index is 14.9. The minimum absolute atomic E-state index is 0.0971. The average Bonchev–Trinajstić information content (AvgIpc) is 3.21. The number of fused-ring (bicyclic) bond motifs is 1. The number of nitrogens with one attached hydrogen (secondary N) is 1. The number of piperazine rings is 1. The first-order valence-corrected chi connectivity index (χ1v) is 18.6. The SMILES string of the molecule is N#Cc1ccc(N(Cc2ccc(OCCCCC(=O)N3CCN(C(=O)c4cc(Cc5n[nH]c(=O)c6ccccc56)ccc4F)CC3)cc2)CC(F)(F)F)cc1C(F)(F)F. The van der Waals surface area contributed by atoms with Crippen LogP contribution >= 0.6 is 0 Å². The minimum Gasteiger partial charge on any atom is -0.494 e. The van der Waals surface area contributed by atoms with Gasteiger partial charge >= 0.3 is 12.4 Å². The second-order valence-electron chi connectivity index (χ2n) is 14.0. The van der Waals surface area contributed by atoms with Crippen molar-refractivity contribution in [2.45, 2.75) is 44.6 Å². The molecule has 0 aliphatic carbocycles. The number of rotatable bonds is 13. The Morgan fingerprint density at radius 3 is 2.20 bits per heavy atom. The molecule has 2 amide bonds. The molecule has 1 aliphatic rings. The molecule has 10 nitrogen and oxygen atoms in total. The smallest absolute Gasteiger partial charge is 0.417 e. The fraction of sp³-hybridized carbons (Fsp3) is 0.310. The van der Waals surface area contributed by atoms with Crippen molar-refractivity contribution in [3.63, 3.8) is 0 Å². The van der Waals surface area contributed by atoms with Crippen LogP contribution < -0.4 is 15.2 Å². The first kappa shape index (κ1) is 42.2. The summed E-state index contributed by atoms with van der Waals surface area (Å²) in [6.45, 7) is -0.668. The molecule has 0 spiro atoms. The highest BCUT2D eigenvalue weighted by Gasteiger charge is 2.36. The minimum atomic E-state index is -4.93. The van der Waals surface area contributed by atoms with E-state index in [1.165, 1.54) is 47.4 Å². The summed E-state index contributed by atoms with van der Waals surface area (Å²) in [4.78, 5) is 42.4. The Hall–Kier alpha value is -6.44. The summed E-state index contributed by atoms with van der Waals surface area (Å²) in [7, 11) is 0. The molecule has 0 unspecified atom stereocenters. The number of aromatic nitrogens is 2. The summed E-state index contributed by atoms with van der Waals surface area (Å²) in [5, 5.41) is 16.8. The van der Waals surface area contributed by atoms with Gasteiger partial charge in [0.25, 0.3) is 11.5 Å². The Balaban J connectivity index is 0.948. The highest BCUT2D eigenvalue weighted by atomic mass is 19.4. The van der Waals surface area contributed by atoms with Gasteiger partial charge in [-0.25, -0.2) is 9.49 Å². The number of alkyl halides is 6. The van der Waals surface area contributed by atoms with Gasteiger partial charge in [-0.05, 0) is 72.5 Å². The fourth-order valence-corrected chi connectivity index (χ4v) is 6.83. The van der Waals surface area contributed by atoms with Crippen LogP contribution in [0.5, 0.6) is 5.75 Å². The molecule has 1 aliphatic heterocycles. The summed E-state index contributed by atoms with van der Waals surface area (Å²) in [6, 6.07) is 21.2. The van der Waals surface area contributed by atoms with E-state index >= 15 is 0 Å². The molecular weight excluding hydrogens is 785 g/mol. The van der Waals surface area contributed by atoms with Crippen molar-refractivity contribution in [2.75, 3.05) is 44.2 Å². The lowest BCUT2D eigenvalue weighted by Gasteiger charge is -2.35. The molecule has 4 aromatic carbocycles. The van der Waals surface area contributed by atoms with Gasteiger partial charge in [0.1, 0.15) is 18.1 Å². The molecule has 59 heavy (non-hydrogen) atoms. The number of anilines is 1. The van der Waals surface area contributed by atoms with Crippen LogP contribution in [0.4, 0.5) is 36.4 Å². The number of aromatic amines is 1. The van der Waals surface area contributed by atoms with Gasteiger partial charge < -0.3 is 19.4 Å². The molecule has 0 radical (unpaired) electrons. The van der Waals surface area contributed by atoms with Crippen molar-refractivity contribution >= 4 is 28.3 Å². The highest BCUT2D eigenvalue weighted by molar-refractivity contribution is 5.95. The molecule has 6 rings (SSSR count). The summed E-state index contributed by atoms with van der Waals surface area (Å²) in [6.07, 6.45) is -8.18. The van der Waals surface area contributed by atoms with Gasteiger partial charge in [0.15, 0.2) is 0 Å². The molecule has 1 aromatic heterocycles. The molecule has 0 atom stereocenters. The number of unbranched alkanes of at least 4 members (excludes halogenated alkanes) is 1. The number of nitriles is 1. The van der Waals surface area contributed by atoms with E-state index in [0.29, 0.717) is 52.3 Å². The lowest BCUT2D eigenvalue weighted by atomic mass is 10.0. The molecule has 17 heteroatoms. The van der Waals surface area contributed by atoms with Crippen molar-refractivity contribution < 1.29 is 45.1 Å². The third kappa shape index (κ3) is 10.7. The summed E-state index contributed by atoms with van der Waals surface area (Å²) < 4.78 is 101. The van der Waals surface area contributed by atoms with Gasteiger partial charge in [0.05, 0.1) is 40.4 Å². The number of carbonyl (C=O) groups is 2. The predicted molar refractivity (Wildman–Crippen MR) is 203 cm³/mol. The van der Waals surface area contributed by atoms with Crippen LogP contribution in [0.25, 0.3) is 10.8 Å². The van der Waals surface area contributed by atoms with Crippen LogP contribution in [0.3, 0.4) is 0 Å². The van der Waals surface area contributed by atoms with E-state index in [9.17, 15) is 45.1 Å². The van der Waals surface area contributed by atoms with E-state index in [-0.39, 0.29) is 74.9 Å².